The van der Waals surface area contributed by atoms with Crippen LogP contribution in [0.3, 0.4) is 0 Å². The predicted molar refractivity (Wildman–Crippen MR) is 51.1 cm³/mol. The van der Waals surface area contributed by atoms with Crippen molar-refractivity contribution in [2.75, 3.05) is 27.2 Å². The lowest BCUT2D eigenvalue weighted by Gasteiger charge is -2.08. The van der Waals surface area contributed by atoms with E-state index in [0.717, 1.165) is 25.9 Å². The van der Waals surface area contributed by atoms with E-state index in [1.54, 1.807) is 0 Å². The Balaban J connectivity index is 3.14. The second-order valence-corrected chi connectivity index (χ2v) is 3.21. The third-order valence-corrected chi connectivity index (χ3v) is 1.63. The zero-order chi connectivity index (χ0) is 9.40. The van der Waals surface area contributed by atoms with Gasteiger partial charge in [-0.05, 0) is 40.4 Å². The van der Waals surface area contributed by atoms with Crippen molar-refractivity contribution in [3.8, 4) is 0 Å². The minimum atomic E-state index is 0.177. The summed E-state index contributed by atoms with van der Waals surface area (Å²) in [5.74, 6) is 0.177. The van der Waals surface area contributed by atoms with Gasteiger partial charge < -0.3 is 10.2 Å². The Bertz CT molecular complexity index is 124. The van der Waals surface area contributed by atoms with Gasteiger partial charge >= 0.3 is 0 Å². The van der Waals surface area contributed by atoms with E-state index >= 15 is 0 Å². The van der Waals surface area contributed by atoms with E-state index in [1.807, 2.05) is 21.0 Å². The van der Waals surface area contributed by atoms with Gasteiger partial charge in [-0.1, -0.05) is 0 Å². The molecule has 0 radical (unpaired) electrons. The Hall–Kier alpha value is -0.570. The molecule has 0 aliphatic heterocycles. The van der Waals surface area contributed by atoms with Crippen molar-refractivity contribution in [2.45, 2.75) is 26.2 Å². The SMILES string of the molecule is CCNC(=O)CCCCN(C)C. The van der Waals surface area contributed by atoms with Gasteiger partial charge in [-0.2, -0.15) is 0 Å². The fraction of sp³-hybridized carbons (Fsp3) is 0.889. The summed E-state index contributed by atoms with van der Waals surface area (Å²) in [7, 11) is 4.10. The lowest BCUT2D eigenvalue weighted by Crippen LogP contribution is -2.22. The highest BCUT2D eigenvalue weighted by Crippen LogP contribution is 1.95. The summed E-state index contributed by atoms with van der Waals surface area (Å²) in [6, 6.07) is 0. The molecule has 3 heteroatoms. The molecule has 3 nitrogen and oxygen atoms in total. The van der Waals surface area contributed by atoms with Gasteiger partial charge in [0.1, 0.15) is 0 Å². The molecular weight excluding hydrogens is 152 g/mol. The van der Waals surface area contributed by atoms with Gasteiger partial charge in [0, 0.05) is 13.0 Å². The number of hydrogen-bond donors (Lipinski definition) is 1. The van der Waals surface area contributed by atoms with E-state index in [1.165, 1.54) is 0 Å². The van der Waals surface area contributed by atoms with Crippen LogP contribution in [-0.4, -0.2) is 38.0 Å². The largest absolute Gasteiger partial charge is 0.356 e. The number of carbonyl (C=O) groups excluding carboxylic acids is 1. The first-order valence-corrected chi connectivity index (χ1v) is 4.58. The topological polar surface area (TPSA) is 32.3 Å². The molecule has 0 spiro atoms. The van der Waals surface area contributed by atoms with Gasteiger partial charge in [0.25, 0.3) is 0 Å². The summed E-state index contributed by atoms with van der Waals surface area (Å²) in [5, 5.41) is 2.78. The lowest BCUT2D eigenvalue weighted by molar-refractivity contribution is -0.121. The molecule has 72 valence electrons. The molecule has 1 N–H and O–H groups in total. The minimum absolute atomic E-state index is 0.177. The maximum Gasteiger partial charge on any atom is 0.219 e. The van der Waals surface area contributed by atoms with E-state index in [2.05, 4.69) is 10.2 Å². The lowest BCUT2D eigenvalue weighted by atomic mass is 10.2. The smallest absolute Gasteiger partial charge is 0.219 e. The van der Waals surface area contributed by atoms with Crippen LogP contribution in [0.5, 0.6) is 0 Å². The first kappa shape index (κ1) is 11.4. The Labute approximate surface area is 75.1 Å². The van der Waals surface area contributed by atoms with Gasteiger partial charge in [0.05, 0.1) is 0 Å². The molecule has 0 aliphatic carbocycles. The summed E-state index contributed by atoms with van der Waals surface area (Å²) in [6.45, 7) is 3.75. The molecule has 0 rings (SSSR count). The van der Waals surface area contributed by atoms with Gasteiger partial charge in [0.2, 0.25) is 5.91 Å². The molecule has 0 saturated heterocycles. The van der Waals surface area contributed by atoms with Crippen LogP contribution < -0.4 is 5.32 Å². The second-order valence-electron chi connectivity index (χ2n) is 3.21. The van der Waals surface area contributed by atoms with Crippen LogP contribution in [0.2, 0.25) is 0 Å². The number of carbonyl (C=O) groups is 1. The van der Waals surface area contributed by atoms with E-state index in [4.69, 9.17) is 0 Å². The Kier molecular flexibility index (Phi) is 6.76. The predicted octanol–water partition coefficient (Wildman–Crippen LogP) is 0.854. The van der Waals surface area contributed by atoms with Crippen LogP contribution in [0.25, 0.3) is 0 Å². The van der Waals surface area contributed by atoms with Crippen LogP contribution in [0.4, 0.5) is 0 Å². The maximum absolute atomic E-state index is 11.0. The summed E-state index contributed by atoms with van der Waals surface area (Å²) in [4.78, 5) is 13.1. The zero-order valence-corrected chi connectivity index (χ0v) is 8.39. The van der Waals surface area contributed by atoms with Crippen molar-refractivity contribution in [2.24, 2.45) is 0 Å². The molecule has 0 fully saturated rings. The Morgan fingerprint density at radius 1 is 1.33 bits per heavy atom. The van der Waals surface area contributed by atoms with E-state index in [-0.39, 0.29) is 5.91 Å². The number of nitrogens with zero attached hydrogens (tertiary/aromatic N) is 1. The van der Waals surface area contributed by atoms with Crippen molar-refractivity contribution in [1.29, 1.82) is 0 Å². The maximum atomic E-state index is 11.0. The van der Waals surface area contributed by atoms with Crippen LogP contribution in [0, 0.1) is 0 Å². The number of unbranched alkanes of at least 4 members (excludes halogenated alkanes) is 1. The molecule has 12 heavy (non-hydrogen) atoms. The zero-order valence-electron chi connectivity index (χ0n) is 8.39. The molecule has 0 unspecified atom stereocenters. The number of amides is 1. The first-order chi connectivity index (χ1) is 5.66. The average Bonchev–Trinajstić information content (AvgIpc) is 1.98. The second kappa shape index (κ2) is 7.10. The molecule has 0 atom stereocenters. The van der Waals surface area contributed by atoms with Crippen molar-refractivity contribution in [3.05, 3.63) is 0 Å². The summed E-state index contributed by atoms with van der Waals surface area (Å²) < 4.78 is 0. The monoisotopic (exact) mass is 172 g/mol. The number of nitrogens with one attached hydrogen (secondary N) is 1. The van der Waals surface area contributed by atoms with E-state index in [0.29, 0.717) is 6.42 Å². The van der Waals surface area contributed by atoms with Gasteiger partial charge in [-0.3, -0.25) is 4.79 Å². The first-order valence-electron chi connectivity index (χ1n) is 4.58. The highest BCUT2D eigenvalue weighted by Gasteiger charge is 1.98. The van der Waals surface area contributed by atoms with E-state index in [9.17, 15) is 4.79 Å². The van der Waals surface area contributed by atoms with Gasteiger partial charge in [-0.25, -0.2) is 0 Å². The minimum Gasteiger partial charge on any atom is -0.356 e. The van der Waals surface area contributed by atoms with Crippen molar-refractivity contribution >= 4 is 5.91 Å². The average molecular weight is 172 g/mol. The van der Waals surface area contributed by atoms with Crippen LogP contribution >= 0.6 is 0 Å². The third-order valence-electron chi connectivity index (χ3n) is 1.63. The van der Waals surface area contributed by atoms with Gasteiger partial charge in [0.15, 0.2) is 0 Å². The third kappa shape index (κ3) is 7.54. The highest BCUT2D eigenvalue weighted by atomic mass is 16.1. The molecule has 0 saturated carbocycles. The summed E-state index contributed by atoms with van der Waals surface area (Å²) in [6.07, 6.45) is 2.76. The molecule has 1 amide bonds. The molecule has 0 heterocycles. The fourth-order valence-electron chi connectivity index (χ4n) is 0.999. The normalized spacial score (nSPS) is 10.3. The fourth-order valence-corrected chi connectivity index (χ4v) is 0.999. The van der Waals surface area contributed by atoms with Gasteiger partial charge in [-0.15, -0.1) is 0 Å². The molecule has 0 aromatic rings. The molecule has 0 aliphatic rings. The standard InChI is InChI=1S/C9H20N2O/c1-4-10-9(12)7-5-6-8-11(2)3/h4-8H2,1-3H3,(H,10,12). The van der Waals surface area contributed by atoms with Crippen LogP contribution in [0.1, 0.15) is 26.2 Å². The summed E-state index contributed by atoms with van der Waals surface area (Å²) >= 11 is 0. The van der Waals surface area contributed by atoms with Crippen molar-refractivity contribution in [3.63, 3.8) is 0 Å². The quantitative estimate of drug-likeness (QED) is 0.603. The summed E-state index contributed by atoms with van der Waals surface area (Å²) in [5.41, 5.74) is 0. The highest BCUT2D eigenvalue weighted by molar-refractivity contribution is 5.75. The van der Waals surface area contributed by atoms with Crippen molar-refractivity contribution in [1.82, 2.24) is 10.2 Å². The molecular formula is C9H20N2O. The molecule has 0 bridgehead atoms. The molecule has 0 aromatic heterocycles. The Morgan fingerprint density at radius 3 is 2.50 bits per heavy atom. The Morgan fingerprint density at radius 2 is 2.00 bits per heavy atom. The van der Waals surface area contributed by atoms with Crippen molar-refractivity contribution < 1.29 is 4.79 Å². The van der Waals surface area contributed by atoms with Crippen LogP contribution in [0.15, 0.2) is 0 Å². The number of hydrogen-bond acceptors (Lipinski definition) is 2. The van der Waals surface area contributed by atoms with Crippen LogP contribution in [-0.2, 0) is 4.79 Å². The number of rotatable bonds is 6. The van der Waals surface area contributed by atoms with E-state index < -0.39 is 0 Å². The molecule has 0 aromatic carbocycles.